The Morgan fingerprint density at radius 3 is 2.65 bits per heavy atom. The van der Waals surface area contributed by atoms with Crippen molar-refractivity contribution in [3.63, 3.8) is 0 Å². The number of carbonyl (C=O) groups excluding carboxylic acids is 1. The van der Waals surface area contributed by atoms with Gasteiger partial charge >= 0.3 is 6.09 Å². The van der Waals surface area contributed by atoms with Gasteiger partial charge in [-0.25, -0.2) is 4.79 Å². The monoisotopic (exact) mass is 358 g/mol. The summed E-state index contributed by atoms with van der Waals surface area (Å²) in [7, 11) is 0. The standard InChI is InChI=1S/C21H30N2O3/c24-20(26-13-18-4-2-1-3-5-18)22-12-17-6-8-19(9-7-17)23-14-21(15-23)10-11-25-16-21/h1-5,17,19H,6-16H2,(H,22,24). The van der Waals surface area contributed by atoms with Gasteiger partial charge in [0.1, 0.15) is 6.61 Å². The van der Waals surface area contributed by atoms with Crippen molar-refractivity contribution in [1.82, 2.24) is 10.2 Å². The van der Waals surface area contributed by atoms with Crippen LogP contribution in [0.3, 0.4) is 0 Å². The van der Waals surface area contributed by atoms with Crippen molar-refractivity contribution in [1.29, 1.82) is 0 Å². The Labute approximate surface area is 156 Å². The molecule has 1 aliphatic carbocycles. The maximum absolute atomic E-state index is 11.9. The Balaban J connectivity index is 1.11. The molecule has 2 aliphatic heterocycles. The summed E-state index contributed by atoms with van der Waals surface area (Å²) in [6.07, 6.45) is 5.84. The lowest BCUT2D eigenvalue weighted by atomic mass is 9.75. The SMILES string of the molecule is O=C(NCC1CCC(N2CC3(CCOC3)C2)CC1)OCc1ccccc1. The number of carbonyl (C=O) groups is 1. The molecule has 1 saturated carbocycles. The zero-order valence-electron chi connectivity index (χ0n) is 15.5. The third-order valence-electron chi connectivity index (χ3n) is 6.34. The Morgan fingerprint density at radius 2 is 1.96 bits per heavy atom. The van der Waals surface area contributed by atoms with Crippen molar-refractivity contribution in [3.8, 4) is 0 Å². The summed E-state index contributed by atoms with van der Waals surface area (Å²) in [4.78, 5) is 14.5. The Kier molecular flexibility index (Phi) is 5.46. The highest BCUT2D eigenvalue weighted by molar-refractivity contribution is 5.67. The Morgan fingerprint density at radius 1 is 1.19 bits per heavy atom. The summed E-state index contributed by atoms with van der Waals surface area (Å²) in [6, 6.07) is 10.5. The van der Waals surface area contributed by atoms with E-state index < -0.39 is 0 Å². The van der Waals surface area contributed by atoms with E-state index in [2.05, 4.69) is 10.2 Å². The van der Waals surface area contributed by atoms with Crippen molar-refractivity contribution in [2.24, 2.45) is 11.3 Å². The van der Waals surface area contributed by atoms with Crippen molar-refractivity contribution >= 4 is 6.09 Å². The molecule has 0 atom stereocenters. The molecule has 0 radical (unpaired) electrons. The van der Waals surface area contributed by atoms with E-state index in [9.17, 15) is 4.79 Å². The van der Waals surface area contributed by atoms with Gasteiger partial charge in [0.2, 0.25) is 0 Å². The van der Waals surface area contributed by atoms with Crippen LogP contribution in [-0.4, -0.2) is 49.9 Å². The van der Waals surface area contributed by atoms with Gasteiger partial charge in [0, 0.05) is 37.7 Å². The topological polar surface area (TPSA) is 50.8 Å². The molecule has 1 aromatic rings. The zero-order valence-corrected chi connectivity index (χ0v) is 15.5. The van der Waals surface area contributed by atoms with E-state index in [4.69, 9.17) is 9.47 Å². The molecule has 2 saturated heterocycles. The first-order valence-electron chi connectivity index (χ1n) is 9.99. The van der Waals surface area contributed by atoms with Crippen LogP contribution in [-0.2, 0) is 16.1 Å². The molecule has 142 valence electrons. The zero-order chi connectivity index (χ0) is 17.8. The first kappa shape index (κ1) is 17.8. The molecule has 3 aliphatic rings. The van der Waals surface area contributed by atoms with Crippen LogP contribution in [0.5, 0.6) is 0 Å². The predicted molar refractivity (Wildman–Crippen MR) is 99.8 cm³/mol. The van der Waals surface area contributed by atoms with Gasteiger partial charge in [0.25, 0.3) is 0 Å². The molecule has 4 rings (SSSR count). The number of likely N-dealkylation sites (tertiary alicyclic amines) is 1. The van der Waals surface area contributed by atoms with E-state index in [1.807, 2.05) is 30.3 Å². The highest BCUT2D eigenvalue weighted by Crippen LogP contribution is 2.42. The van der Waals surface area contributed by atoms with Crippen LogP contribution >= 0.6 is 0 Å². The van der Waals surface area contributed by atoms with Gasteiger partial charge in [0.05, 0.1) is 6.61 Å². The van der Waals surface area contributed by atoms with E-state index in [0.29, 0.717) is 17.9 Å². The minimum absolute atomic E-state index is 0.304. The van der Waals surface area contributed by atoms with Gasteiger partial charge in [-0.15, -0.1) is 0 Å². The van der Waals surface area contributed by atoms with Crippen molar-refractivity contribution < 1.29 is 14.3 Å². The van der Waals surface area contributed by atoms with Crippen molar-refractivity contribution in [2.75, 3.05) is 32.8 Å². The van der Waals surface area contributed by atoms with E-state index in [-0.39, 0.29) is 6.09 Å². The third kappa shape index (κ3) is 4.21. The van der Waals surface area contributed by atoms with Gasteiger partial charge in [-0.3, -0.25) is 4.90 Å². The predicted octanol–water partition coefficient (Wildman–Crippen LogP) is 3.19. The number of hydrogen-bond acceptors (Lipinski definition) is 4. The number of alkyl carbamates (subject to hydrolysis) is 1. The summed E-state index contributed by atoms with van der Waals surface area (Å²) in [5.74, 6) is 0.584. The number of rotatable bonds is 5. The van der Waals surface area contributed by atoms with Crippen LogP contribution in [0.1, 0.15) is 37.7 Å². The van der Waals surface area contributed by atoms with Crippen LogP contribution in [0.4, 0.5) is 4.79 Å². The molecule has 0 aromatic heterocycles. The molecule has 5 heteroatoms. The normalized spacial score (nSPS) is 27.8. The lowest BCUT2D eigenvalue weighted by molar-refractivity contribution is -0.0477. The summed E-state index contributed by atoms with van der Waals surface area (Å²) in [5, 5.41) is 2.94. The minimum Gasteiger partial charge on any atom is -0.445 e. The first-order valence-corrected chi connectivity index (χ1v) is 9.99. The first-order chi connectivity index (χ1) is 12.7. The van der Waals surface area contributed by atoms with Crippen molar-refractivity contribution in [2.45, 2.75) is 44.8 Å². The summed E-state index contributed by atoms with van der Waals surface area (Å²) in [6.45, 7) is 5.44. The number of ether oxygens (including phenoxy) is 2. The molecule has 1 aromatic carbocycles. The maximum atomic E-state index is 11.9. The Bertz CT molecular complexity index is 585. The molecule has 2 heterocycles. The van der Waals surface area contributed by atoms with E-state index in [1.165, 1.54) is 45.2 Å². The van der Waals surface area contributed by atoms with Crippen LogP contribution in [0, 0.1) is 11.3 Å². The van der Waals surface area contributed by atoms with Gasteiger partial charge in [-0.05, 0) is 43.6 Å². The molecule has 5 nitrogen and oxygen atoms in total. The van der Waals surface area contributed by atoms with Crippen LogP contribution in [0.2, 0.25) is 0 Å². The average molecular weight is 358 g/mol. The Hall–Kier alpha value is -1.59. The second-order valence-corrected chi connectivity index (χ2v) is 8.32. The summed E-state index contributed by atoms with van der Waals surface area (Å²) >= 11 is 0. The molecule has 3 fully saturated rings. The summed E-state index contributed by atoms with van der Waals surface area (Å²) in [5.41, 5.74) is 1.50. The van der Waals surface area contributed by atoms with Crippen LogP contribution in [0.15, 0.2) is 30.3 Å². The van der Waals surface area contributed by atoms with Gasteiger partial charge in [0.15, 0.2) is 0 Å². The minimum atomic E-state index is -0.304. The lowest BCUT2D eigenvalue weighted by Gasteiger charge is -2.52. The van der Waals surface area contributed by atoms with E-state index in [0.717, 1.165) is 31.4 Å². The van der Waals surface area contributed by atoms with E-state index >= 15 is 0 Å². The molecule has 1 spiro atoms. The lowest BCUT2D eigenvalue weighted by Crippen LogP contribution is -2.60. The fraction of sp³-hybridized carbons (Fsp3) is 0.667. The molecule has 1 N–H and O–H groups in total. The molecular formula is C21H30N2O3. The van der Waals surface area contributed by atoms with Gasteiger partial charge in [-0.2, -0.15) is 0 Å². The maximum Gasteiger partial charge on any atom is 0.407 e. The van der Waals surface area contributed by atoms with Gasteiger partial charge < -0.3 is 14.8 Å². The van der Waals surface area contributed by atoms with E-state index in [1.54, 1.807) is 0 Å². The molecule has 0 bridgehead atoms. The van der Waals surface area contributed by atoms with Gasteiger partial charge in [-0.1, -0.05) is 30.3 Å². The largest absolute Gasteiger partial charge is 0.445 e. The number of amides is 1. The van der Waals surface area contributed by atoms with Crippen molar-refractivity contribution in [3.05, 3.63) is 35.9 Å². The fourth-order valence-corrected chi connectivity index (χ4v) is 4.69. The molecule has 0 unspecified atom stereocenters. The highest BCUT2D eigenvalue weighted by atomic mass is 16.5. The molecule has 26 heavy (non-hydrogen) atoms. The number of benzene rings is 1. The fourth-order valence-electron chi connectivity index (χ4n) is 4.69. The molecule has 1 amide bonds. The third-order valence-corrected chi connectivity index (χ3v) is 6.34. The quantitative estimate of drug-likeness (QED) is 0.878. The smallest absolute Gasteiger partial charge is 0.407 e. The average Bonchev–Trinajstić information content (AvgIpc) is 3.15. The van der Waals surface area contributed by atoms with Crippen LogP contribution in [0.25, 0.3) is 0 Å². The second-order valence-electron chi connectivity index (χ2n) is 8.32. The molecular weight excluding hydrogens is 328 g/mol. The number of nitrogens with zero attached hydrogens (tertiary/aromatic N) is 1. The highest BCUT2D eigenvalue weighted by Gasteiger charge is 2.48. The number of hydrogen-bond donors (Lipinski definition) is 1. The number of nitrogens with one attached hydrogen (secondary N) is 1. The second kappa shape index (κ2) is 7.97. The summed E-state index contributed by atoms with van der Waals surface area (Å²) < 4.78 is 10.9. The van der Waals surface area contributed by atoms with Crippen LogP contribution < -0.4 is 5.32 Å².